The van der Waals surface area contributed by atoms with Crippen molar-refractivity contribution in [3.63, 3.8) is 0 Å². The van der Waals surface area contributed by atoms with E-state index < -0.39 is 0 Å². The van der Waals surface area contributed by atoms with Gasteiger partial charge >= 0.3 is 5.97 Å². The van der Waals surface area contributed by atoms with Crippen LogP contribution in [0, 0.1) is 40.4 Å². The first-order valence-electron chi connectivity index (χ1n) is 16.8. The molecule has 10 atom stereocenters. The smallest absolute Gasteiger partial charge is 0.306 e. The van der Waals surface area contributed by atoms with E-state index in [4.69, 9.17) is 14.2 Å². The van der Waals surface area contributed by atoms with Gasteiger partial charge in [-0.05, 0) is 118 Å². The van der Waals surface area contributed by atoms with E-state index in [1.54, 1.807) is 17.2 Å². The number of carbonyl (C=O) groups is 1. The number of fused-ring (bicyclic) bond motifs is 5. The lowest BCUT2D eigenvalue weighted by Crippen LogP contribution is -2.50. The molecule has 0 N–H and O–H groups in total. The SMILES string of the molecule is C=CCOC(=O)CCC/C=C(\C)[C@H]1CCC2C3CC=C4C[C@@H](OC5C=C[C@H](C)[C@@H](CC)O5)CC[C@]4(C)C3CC[C@@]21C. The maximum Gasteiger partial charge on any atom is 0.306 e. The Bertz CT molecular complexity index is 1040. The van der Waals surface area contributed by atoms with E-state index in [1.807, 2.05) is 0 Å². The molecular weight excluding hydrogens is 508 g/mol. The van der Waals surface area contributed by atoms with Crippen LogP contribution >= 0.6 is 0 Å². The Labute approximate surface area is 250 Å². The third-order valence-corrected chi connectivity index (χ3v) is 12.2. The van der Waals surface area contributed by atoms with E-state index in [2.05, 4.69) is 65.5 Å². The lowest BCUT2D eigenvalue weighted by Gasteiger charge is -2.58. The third kappa shape index (κ3) is 6.21. The van der Waals surface area contributed by atoms with Gasteiger partial charge in [0.15, 0.2) is 6.29 Å². The number of hydrogen-bond donors (Lipinski definition) is 0. The summed E-state index contributed by atoms with van der Waals surface area (Å²) < 4.78 is 18.0. The summed E-state index contributed by atoms with van der Waals surface area (Å²) in [6.45, 7) is 15.9. The number of carbonyl (C=O) groups excluding carboxylic acids is 1. The Morgan fingerprint density at radius 2 is 1.98 bits per heavy atom. The zero-order chi connectivity index (χ0) is 29.2. The average molecular weight is 565 g/mol. The molecule has 228 valence electrons. The molecule has 5 aliphatic rings. The van der Waals surface area contributed by atoms with Gasteiger partial charge in [-0.1, -0.05) is 69.7 Å². The van der Waals surface area contributed by atoms with Crippen molar-refractivity contribution in [2.75, 3.05) is 6.61 Å². The van der Waals surface area contributed by atoms with E-state index in [9.17, 15) is 4.79 Å². The largest absolute Gasteiger partial charge is 0.461 e. The minimum atomic E-state index is -0.185. The molecule has 0 aromatic rings. The minimum Gasteiger partial charge on any atom is -0.461 e. The molecule has 0 radical (unpaired) electrons. The summed E-state index contributed by atoms with van der Waals surface area (Å²) in [5.74, 6) is 3.48. The molecule has 3 saturated carbocycles. The molecule has 4 heteroatoms. The van der Waals surface area contributed by atoms with Gasteiger partial charge in [0.05, 0.1) is 12.2 Å². The van der Waals surface area contributed by atoms with Gasteiger partial charge in [-0.15, -0.1) is 0 Å². The van der Waals surface area contributed by atoms with Gasteiger partial charge in [-0.25, -0.2) is 0 Å². The van der Waals surface area contributed by atoms with Crippen molar-refractivity contribution in [1.29, 1.82) is 0 Å². The Kier molecular flexibility index (Phi) is 9.70. The number of allylic oxidation sites excluding steroid dienone is 3. The summed E-state index contributed by atoms with van der Waals surface area (Å²) in [5, 5.41) is 0. The fraction of sp³-hybridized carbons (Fsp3) is 0.757. The number of esters is 1. The molecule has 0 spiro atoms. The summed E-state index contributed by atoms with van der Waals surface area (Å²) in [4.78, 5) is 11.8. The highest BCUT2D eigenvalue weighted by molar-refractivity contribution is 5.69. The zero-order valence-electron chi connectivity index (χ0n) is 26.5. The molecule has 0 aromatic carbocycles. The van der Waals surface area contributed by atoms with E-state index in [0.29, 0.717) is 35.7 Å². The van der Waals surface area contributed by atoms with Crippen molar-refractivity contribution in [3.8, 4) is 0 Å². The second-order valence-electron chi connectivity index (χ2n) is 14.4. The fourth-order valence-electron chi connectivity index (χ4n) is 9.90. The molecular formula is C37H56O4. The highest BCUT2D eigenvalue weighted by Crippen LogP contribution is 2.67. The van der Waals surface area contributed by atoms with Crippen LogP contribution in [0.2, 0.25) is 0 Å². The predicted molar refractivity (Wildman–Crippen MR) is 166 cm³/mol. The van der Waals surface area contributed by atoms with Crippen molar-refractivity contribution in [3.05, 3.63) is 48.1 Å². The van der Waals surface area contributed by atoms with Crippen LogP contribution in [0.3, 0.4) is 0 Å². The van der Waals surface area contributed by atoms with Gasteiger partial charge in [-0.2, -0.15) is 0 Å². The second kappa shape index (κ2) is 12.9. The van der Waals surface area contributed by atoms with Crippen LogP contribution < -0.4 is 0 Å². The van der Waals surface area contributed by atoms with Crippen molar-refractivity contribution in [2.24, 2.45) is 40.4 Å². The third-order valence-electron chi connectivity index (χ3n) is 12.2. The van der Waals surface area contributed by atoms with Crippen LogP contribution in [-0.4, -0.2) is 31.1 Å². The lowest BCUT2D eigenvalue weighted by molar-refractivity contribution is -0.188. The van der Waals surface area contributed by atoms with Gasteiger partial charge < -0.3 is 14.2 Å². The standard InChI is InChI=1S/C37H56O4/c1-7-23-39-34(38)12-10-9-11-25(3)30-16-17-31-29-15-14-27-24-28(40-35-18-13-26(4)33(8-2)41-35)19-21-36(27,5)32(29)20-22-37(30,31)6/h7,11,13-14,18,26,28-33,35H,1,8-10,12,15-17,19-24H2,2-6H3/b25-11+/t26-,28-,29?,30+,31?,32?,33+,35?,36-,37+/m0/s1. The van der Waals surface area contributed by atoms with Gasteiger partial charge in [0.25, 0.3) is 0 Å². The fourth-order valence-corrected chi connectivity index (χ4v) is 9.90. The average Bonchev–Trinajstić information content (AvgIpc) is 3.32. The maximum atomic E-state index is 11.8. The van der Waals surface area contributed by atoms with Crippen molar-refractivity contribution < 1.29 is 19.0 Å². The first kappa shape index (κ1) is 30.8. The first-order chi connectivity index (χ1) is 19.7. The monoisotopic (exact) mass is 564 g/mol. The topological polar surface area (TPSA) is 44.8 Å². The maximum absolute atomic E-state index is 11.8. The quantitative estimate of drug-likeness (QED) is 0.151. The Hall–Kier alpha value is -1.65. The van der Waals surface area contributed by atoms with Gasteiger partial charge in [0.2, 0.25) is 0 Å². The number of hydrogen-bond acceptors (Lipinski definition) is 4. The molecule has 5 rings (SSSR count). The summed E-state index contributed by atoms with van der Waals surface area (Å²) in [6.07, 6.45) is 25.0. The van der Waals surface area contributed by atoms with Crippen LogP contribution in [-0.2, 0) is 19.0 Å². The van der Waals surface area contributed by atoms with Crippen LogP contribution in [0.1, 0.15) is 112 Å². The summed E-state index contributed by atoms with van der Waals surface area (Å²) in [6, 6.07) is 0. The molecule has 1 heterocycles. The molecule has 1 aliphatic heterocycles. The first-order valence-corrected chi connectivity index (χ1v) is 16.8. The molecule has 4 unspecified atom stereocenters. The molecule has 3 fully saturated rings. The van der Waals surface area contributed by atoms with Crippen molar-refractivity contribution >= 4 is 5.97 Å². The van der Waals surface area contributed by atoms with Crippen LogP contribution in [0.5, 0.6) is 0 Å². The Morgan fingerprint density at radius 3 is 2.76 bits per heavy atom. The zero-order valence-corrected chi connectivity index (χ0v) is 26.5. The molecule has 0 aromatic heterocycles. The van der Waals surface area contributed by atoms with E-state index in [-0.39, 0.29) is 24.5 Å². The lowest BCUT2D eigenvalue weighted by atomic mass is 9.47. The minimum absolute atomic E-state index is 0.111. The predicted octanol–water partition coefficient (Wildman–Crippen LogP) is 9.12. The Morgan fingerprint density at radius 1 is 1.15 bits per heavy atom. The van der Waals surface area contributed by atoms with Crippen LogP contribution in [0.15, 0.2) is 48.1 Å². The van der Waals surface area contributed by atoms with E-state index in [1.165, 1.54) is 38.5 Å². The second-order valence-corrected chi connectivity index (χ2v) is 14.4. The number of unbranched alkanes of at least 4 members (excludes halogenated alkanes) is 1. The summed E-state index contributed by atoms with van der Waals surface area (Å²) in [7, 11) is 0. The highest BCUT2D eigenvalue weighted by Gasteiger charge is 2.58. The van der Waals surface area contributed by atoms with Gasteiger partial charge in [0, 0.05) is 12.3 Å². The molecule has 0 amide bonds. The molecule has 4 aliphatic carbocycles. The normalized spacial score (nSPS) is 42.1. The Balaban J connectivity index is 1.19. The van der Waals surface area contributed by atoms with Gasteiger partial charge in [-0.3, -0.25) is 4.79 Å². The number of rotatable bonds is 10. The van der Waals surface area contributed by atoms with E-state index in [0.717, 1.165) is 49.9 Å². The molecule has 4 nitrogen and oxygen atoms in total. The molecule has 0 bridgehead atoms. The highest BCUT2D eigenvalue weighted by atomic mass is 16.7. The summed E-state index contributed by atoms with van der Waals surface area (Å²) >= 11 is 0. The van der Waals surface area contributed by atoms with E-state index >= 15 is 0 Å². The molecule has 41 heavy (non-hydrogen) atoms. The van der Waals surface area contributed by atoms with Crippen LogP contribution in [0.25, 0.3) is 0 Å². The van der Waals surface area contributed by atoms with Crippen molar-refractivity contribution in [2.45, 2.75) is 130 Å². The van der Waals surface area contributed by atoms with Gasteiger partial charge in [0.1, 0.15) is 6.61 Å². The molecule has 0 saturated heterocycles. The summed E-state index contributed by atoms with van der Waals surface area (Å²) in [5.41, 5.74) is 3.97. The van der Waals surface area contributed by atoms with Crippen LogP contribution in [0.4, 0.5) is 0 Å². The number of ether oxygens (including phenoxy) is 3. The van der Waals surface area contributed by atoms with Crippen molar-refractivity contribution in [1.82, 2.24) is 0 Å².